The Balaban J connectivity index is 1.70. The van der Waals surface area contributed by atoms with Crippen LogP contribution in [0.4, 0.5) is 0 Å². The highest BCUT2D eigenvalue weighted by Crippen LogP contribution is 2.22. The number of rotatable bonds is 8. The van der Waals surface area contributed by atoms with Crippen molar-refractivity contribution in [3.8, 4) is 5.75 Å². The van der Waals surface area contributed by atoms with Gasteiger partial charge >= 0.3 is 0 Å². The molecule has 1 heterocycles. The van der Waals surface area contributed by atoms with Gasteiger partial charge in [-0.05, 0) is 36.2 Å². The van der Waals surface area contributed by atoms with Gasteiger partial charge in [-0.1, -0.05) is 36.4 Å². The third kappa shape index (κ3) is 4.14. The van der Waals surface area contributed by atoms with Crippen molar-refractivity contribution in [2.45, 2.75) is 13.0 Å². The van der Waals surface area contributed by atoms with Crippen molar-refractivity contribution in [1.82, 2.24) is 9.47 Å². The van der Waals surface area contributed by atoms with Gasteiger partial charge in [0.15, 0.2) is 0 Å². The second-order valence-electron chi connectivity index (χ2n) is 6.23. The van der Waals surface area contributed by atoms with Crippen molar-refractivity contribution in [3.63, 3.8) is 0 Å². The number of methoxy groups -OCH3 is 1. The summed E-state index contributed by atoms with van der Waals surface area (Å²) in [5, 5.41) is 1.07. The lowest BCUT2D eigenvalue weighted by atomic mass is 10.1. The molecule has 0 aliphatic rings. The summed E-state index contributed by atoms with van der Waals surface area (Å²) in [4.78, 5) is 14.7. The third-order valence-corrected chi connectivity index (χ3v) is 4.50. The SMILES string of the molecule is C=CCN(CCc1ccccc1)C(=O)Cn1ccc2cc(OC)ccc21. The molecule has 0 aliphatic heterocycles. The van der Waals surface area contributed by atoms with Crippen molar-refractivity contribution < 1.29 is 9.53 Å². The lowest BCUT2D eigenvalue weighted by Crippen LogP contribution is -2.35. The van der Waals surface area contributed by atoms with Crippen LogP contribution in [0, 0.1) is 0 Å². The largest absolute Gasteiger partial charge is 0.497 e. The van der Waals surface area contributed by atoms with Gasteiger partial charge in [0, 0.05) is 30.2 Å². The molecule has 4 heteroatoms. The normalized spacial score (nSPS) is 10.7. The smallest absolute Gasteiger partial charge is 0.242 e. The van der Waals surface area contributed by atoms with Gasteiger partial charge in [-0.3, -0.25) is 4.79 Å². The minimum absolute atomic E-state index is 0.0918. The van der Waals surface area contributed by atoms with E-state index in [-0.39, 0.29) is 5.91 Å². The van der Waals surface area contributed by atoms with Crippen molar-refractivity contribution >= 4 is 16.8 Å². The number of ether oxygens (including phenoxy) is 1. The standard InChI is InChI=1S/C22H24N2O2/c1-3-13-23(14-11-18-7-5-4-6-8-18)22(25)17-24-15-12-19-16-20(26-2)9-10-21(19)24/h3-10,12,15-16H,1,11,13-14,17H2,2H3. The van der Waals surface area contributed by atoms with Crippen LogP contribution in [0.3, 0.4) is 0 Å². The molecule has 2 aromatic carbocycles. The zero-order valence-corrected chi connectivity index (χ0v) is 15.1. The zero-order chi connectivity index (χ0) is 18.4. The molecule has 0 N–H and O–H groups in total. The van der Waals surface area contributed by atoms with Gasteiger partial charge in [0.05, 0.1) is 7.11 Å². The molecular formula is C22H24N2O2. The fourth-order valence-corrected chi connectivity index (χ4v) is 3.07. The third-order valence-electron chi connectivity index (χ3n) is 4.50. The molecular weight excluding hydrogens is 324 g/mol. The summed E-state index contributed by atoms with van der Waals surface area (Å²) in [7, 11) is 1.65. The highest BCUT2D eigenvalue weighted by atomic mass is 16.5. The molecule has 0 atom stereocenters. The number of aromatic nitrogens is 1. The van der Waals surface area contributed by atoms with Crippen LogP contribution in [-0.2, 0) is 17.8 Å². The van der Waals surface area contributed by atoms with Gasteiger partial charge in [0.2, 0.25) is 5.91 Å². The number of carbonyl (C=O) groups excluding carboxylic acids is 1. The molecule has 0 unspecified atom stereocenters. The fraction of sp³-hybridized carbons (Fsp3) is 0.227. The first-order chi connectivity index (χ1) is 12.7. The van der Waals surface area contributed by atoms with Crippen LogP contribution in [-0.4, -0.2) is 35.6 Å². The molecule has 0 bridgehead atoms. The van der Waals surface area contributed by atoms with Crippen LogP contribution in [0.2, 0.25) is 0 Å². The predicted octanol–water partition coefficient (Wildman–Crippen LogP) is 3.91. The van der Waals surface area contributed by atoms with Crippen LogP contribution in [0.5, 0.6) is 5.75 Å². The monoisotopic (exact) mass is 348 g/mol. The second-order valence-corrected chi connectivity index (χ2v) is 6.23. The molecule has 3 rings (SSSR count). The highest BCUT2D eigenvalue weighted by Gasteiger charge is 2.14. The van der Waals surface area contributed by atoms with E-state index in [1.165, 1.54) is 5.56 Å². The molecule has 0 spiro atoms. The number of fused-ring (bicyclic) bond motifs is 1. The van der Waals surface area contributed by atoms with E-state index in [1.807, 2.05) is 58.1 Å². The Morgan fingerprint density at radius 1 is 1.19 bits per heavy atom. The van der Waals surface area contributed by atoms with Gasteiger partial charge < -0.3 is 14.2 Å². The van der Waals surface area contributed by atoms with Gasteiger partial charge in [-0.2, -0.15) is 0 Å². The number of amides is 1. The Morgan fingerprint density at radius 2 is 2.00 bits per heavy atom. The Labute approximate surface area is 154 Å². The molecule has 3 aromatic rings. The first-order valence-corrected chi connectivity index (χ1v) is 8.76. The summed E-state index contributed by atoms with van der Waals surface area (Å²) in [6, 6.07) is 18.1. The maximum atomic E-state index is 12.8. The zero-order valence-electron chi connectivity index (χ0n) is 15.1. The molecule has 0 saturated carbocycles. The van der Waals surface area contributed by atoms with Crippen molar-refractivity contribution in [2.24, 2.45) is 0 Å². The van der Waals surface area contributed by atoms with Crippen LogP contribution in [0.1, 0.15) is 5.56 Å². The fourth-order valence-electron chi connectivity index (χ4n) is 3.07. The first kappa shape index (κ1) is 17.8. The van der Waals surface area contributed by atoms with E-state index in [1.54, 1.807) is 13.2 Å². The summed E-state index contributed by atoms with van der Waals surface area (Å²) in [6.07, 6.45) is 4.57. The topological polar surface area (TPSA) is 34.5 Å². The number of benzene rings is 2. The minimum Gasteiger partial charge on any atom is -0.497 e. The Bertz CT molecular complexity index is 884. The van der Waals surface area contributed by atoms with E-state index in [0.29, 0.717) is 19.6 Å². The summed E-state index contributed by atoms with van der Waals surface area (Å²) < 4.78 is 7.24. The van der Waals surface area contributed by atoms with Gasteiger partial charge in [-0.25, -0.2) is 0 Å². The molecule has 4 nitrogen and oxygen atoms in total. The van der Waals surface area contributed by atoms with E-state index in [2.05, 4.69) is 18.7 Å². The molecule has 1 aromatic heterocycles. The molecule has 134 valence electrons. The van der Waals surface area contributed by atoms with E-state index < -0.39 is 0 Å². The number of hydrogen-bond donors (Lipinski definition) is 0. The Kier molecular flexibility index (Phi) is 5.74. The molecule has 0 radical (unpaired) electrons. The summed E-state index contributed by atoms with van der Waals surface area (Å²) in [6.45, 7) is 5.34. The van der Waals surface area contributed by atoms with E-state index in [9.17, 15) is 4.79 Å². The molecule has 0 aliphatic carbocycles. The number of nitrogens with zero attached hydrogens (tertiary/aromatic N) is 2. The maximum Gasteiger partial charge on any atom is 0.242 e. The van der Waals surface area contributed by atoms with E-state index in [4.69, 9.17) is 4.74 Å². The predicted molar refractivity (Wildman–Crippen MR) is 105 cm³/mol. The first-order valence-electron chi connectivity index (χ1n) is 8.76. The minimum atomic E-state index is 0.0918. The summed E-state index contributed by atoms with van der Waals surface area (Å²) >= 11 is 0. The van der Waals surface area contributed by atoms with Crippen molar-refractivity contribution in [3.05, 3.63) is 79.0 Å². The highest BCUT2D eigenvalue weighted by molar-refractivity contribution is 5.84. The van der Waals surface area contributed by atoms with Crippen molar-refractivity contribution in [1.29, 1.82) is 0 Å². The number of hydrogen-bond acceptors (Lipinski definition) is 2. The van der Waals surface area contributed by atoms with E-state index in [0.717, 1.165) is 23.1 Å². The van der Waals surface area contributed by atoms with E-state index >= 15 is 0 Å². The average Bonchev–Trinajstić information content (AvgIpc) is 3.07. The number of carbonyl (C=O) groups is 1. The Hall–Kier alpha value is -3.01. The van der Waals surface area contributed by atoms with Gasteiger partial charge in [0.1, 0.15) is 12.3 Å². The van der Waals surface area contributed by atoms with Crippen molar-refractivity contribution in [2.75, 3.05) is 20.2 Å². The lowest BCUT2D eigenvalue weighted by Gasteiger charge is -2.22. The summed E-state index contributed by atoms with van der Waals surface area (Å²) in [5.74, 6) is 0.909. The lowest BCUT2D eigenvalue weighted by molar-refractivity contribution is -0.131. The molecule has 26 heavy (non-hydrogen) atoms. The Morgan fingerprint density at radius 3 is 2.73 bits per heavy atom. The second kappa shape index (κ2) is 8.39. The average molecular weight is 348 g/mol. The van der Waals surface area contributed by atoms with Crippen LogP contribution in [0.15, 0.2) is 73.4 Å². The van der Waals surface area contributed by atoms with Crippen LogP contribution in [0.25, 0.3) is 10.9 Å². The van der Waals surface area contributed by atoms with Gasteiger partial charge in [-0.15, -0.1) is 6.58 Å². The van der Waals surface area contributed by atoms with Crippen LogP contribution >= 0.6 is 0 Å². The van der Waals surface area contributed by atoms with Gasteiger partial charge in [0.25, 0.3) is 0 Å². The molecule has 0 fully saturated rings. The summed E-state index contributed by atoms with van der Waals surface area (Å²) in [5.41, 5.74) is 2.26. The van der Waals surface area contributed by atoms with Crippen LogP contribution < -0.4 is 4.74 Å². The molecule has 1 amide bonds. The quantitative estimate of drug-likeness (QED) is 0.579. The maximum absolute atomic E-state index is 12.8. The molecule has 0 saturated heterocycles.